The van der Waals surface area contributed by atoms with Crippen LogP contribution in [0.3, 0.4) is 0 Å². The molecule has 4 rings (SSSR count). The Morgan fingerprint density at radius 1 is 1.06 bits per heavy atom. The zero-order chi connectivity index (χ0) is 24.3. The molecule has 0 saturated heterocycles. The summed E-state index contributed by atoms with van der Waals surface area (Å²) in [7, 11) is 0. The zero-order valence-electron chi connectivity index (χ0n) is 19.8. The van der Waals surface area contributed by atoms with Gasteiger partial charge in [-0.25, -0.2) is 4.79 Å². The predicted octanol–water partition coefficient (Wildman–Crippen LogP) is 4.41. The van der Waals surface area contributed by atoms with Crippen molar-refractivity contribution in [3.05, 3.63) is 59.7 Å². The lowest BCUT2D eigenvalue weighted by molar-refractivity contribution is -0.141. The van der Waals surface area contributed by atoms with Crippen LogP contribution in [0, 0.1) is 5.41 Å². The van der Waals surface area contributed by atoms with Crippen LogP contribution in [0.15, 0.2) is 48.5 Å². The summed E-state index contributed by atoms with van der Waals surface area (Å²) in [5, 5.41) is 11.7. The predicted molar refractivity (Wildman–Crippen MR) is 128 cm³/mol. The molecule has 2 amide bonds. The maximum atomic E-state index is 13.2. The Bertz CT molecular complexity index is 1030. The number of nitrogens with zero attached hydrogens (tertiary/aromatic N) is 1. The molecule has 2 aromatic carbocycles. The fourth-order valence-corrected chi connectivity index (χ4v) is 4.81. The number of rotatable bonds is 10. The van der Waals surface area contributed by atoms with Gasteiger partial charge in [0.05, 0.1) is 5.41 Å². The number of amides is 2. The molecule has 0 spiro atoms. The van der Waals surface area contributed by atoms with Crippen LogP contribution >= 0.6 is 0 Å². The summed E-state index contributed by atoms with van der Waals surface area (Å²) in [6, 6.07) is 16.3. The summed E-state index contributed by atoms with van der Waals surface area (Å²) < 4.78 is 5.60. The van der Waals surface area contributed by atoms with Crippen LogP contribution in [0.25, 0.3) is 11.1 Å². The van der Waals surface area contributed by atoms with E-state index >= 15 is 0 Å². The Morgan fingerprint density at radius 2 is 1.65 bits per heavy atom. The number of carbonyl (C=O) groups excluding carboxylic acids is 2. The van der Waals surface area contributed by atoms with Gasteiger partial charge in [0.2, 0.25) is 5.91 Å². The monoisotopic (exact) mass is 464 g/mol. The molecule has 2 aromatic rings. The number of nitrogens with one attached hydrogen (secondary N) is 1. The van der Waals surface area contributed by atoms with E-state index < -0.39 is 17.5 Å². The highest BCUT2D eigenvalue weighted by Gasteiger charge is 2.52. The lowest BCUT2D eigenvalue weighted by Crippen LogP contribution is -2.46. The van der Waals surface area contributed by atoms with Gasteiger partial charge in [-0.15, -0.1) is 0 Å². The zero-order valence-corrected chi connectivity index (χ0v) is 19.8. The molecule has 34 heavy (non-hydrogen) atoms. The lowest BCUT2D eigenvalue weighted by atomic mass is 9.98. The third-order valence-corrected chi connectivity index (χ3v) is 6.90. The topological polar surface area (TPSA) is 95.9 Å². The van der Waals surface area contributed by atoms with Gasteiger partial charge in [0.25, 0.3) is 0 Å². The lowest BCUT2D eigenvalue weighted by Gasteiger charge is -2.31. The standard InChI is InChI=1S/C27H32N2O5/c1-18(2)29(15-7-12-24(30)31)25(32)27(13-14-27)17-28-26(33)34-16-23-21-10-5-3-8-19(21)20-9-4-6-11-22(20)23/h3-6,8-11,18,23H,7,12-17H2,1-2H3,(H,28,33)(H,30,31). The maximum absolute atomic E-state index is 13.2. The summed E-state index contributed by atoms with van der Waals surface area (Å²) >= 11 is 0. The fourth-order valence-electron chi connectivity index (χ4n) is 4.81. The first-order chi connectivity index (χ1) is 16.3. The molecular formula is C27H32N2O5. The van der Waals surface area contributed by atoms with Gasteiger partial charge in [-0.3, -0.25) is 9.59 Å². The molecule has 0 aliphatic heterocycles. The Labute approximate surface area is 200 Å². The highest BCUT2D eigenvalue weighted by Crippen LogP contribution is 2.47. The van der Waals surface area contributed by atoms with Crippen molar-refractivity contribution < 1.29 is 24.2 Å². The van der Waals surface area contributed by atoms with E-state index in [-0.39, 0.29) is 37.4 Å². The molecule has 180 valence electrons. The fraction of sp³-hybridized carbons (Fsp3) is 0.444. The van der Waals surface area contributed by atoms with E-state index in [1.807, 2.05) is 38.1 Å². The van der Waals surface area contributed by atoms with Gasteiger partial charge in [-0.2, -0.15) is 0 Å². The van der Waals surface area contributed by atoms with Gasteiger partial charge < -0.3 is 20.1 Å². The molecular weight excluding hydrogens is 432 g/mol. The van der Waals surface area contributed by atoms with Gasteiger partial charge in [0.1, 0.15) is 6.61 Å². The summed E-state index contributed by atoms with van der Waals surface area (Å²) in [6.45, 7) is 4.70. The first-order valence-corrected chi connectivity index (χ1v) is 11.9. The number of benzene rings is 2. The van der Waals surface area contributed by atoms with Crippen molar-refractivity contribution in [3.8, 4) is 11.1 Å². The summed E-state index contributed by atoms with van der Waals surface area (Å²) in [4.78, 5) is 38.3. The molecule has 0 radical (unpaired) electrons. The first-order valence-electron chi connectivity index (χ1n) is 11.9. The number of carboxylic acids is 1. The molecule has 1 fully saturated rings. The number of fused-ring (bicyclic) bond motifs is 3. The van der Waals surface area contributed by atoms with E-state index in [0.717, 1.165) is 11.1 Å². The summed E-state index contributed by atoms with van der Waals surface area (Å²) in [5.74, 6) is -0.901. The second-order valence-corrected chi connectivity index (χ2v) is 9.55. The van der Waals surface area contributed by atoms with E-state index in [9.17, 15) is 14.4 Å². The molecule has 0 bridgehead atoms. The van der Waals surface area contributed by atoms with Crippen LogP contribution in [-0.4, -0.2) is 53.7 Å². The molecule has 1 saturated carbocycles. The summed E-state index contributed by atoms with van der Waals surface area (Å²) in [6.07, 6.45) is 1.33. The Hall–Kier alpha value is -3.35. The SMILES string of the molecule is CC(C)N(CCCC(=O)O)C(=O)C1(CNC(=O)OCC2c3ccccc3-c3ccccc32)CC1. The van der Waals surface area contributed by atoms with Crippen molar-refractivity contribution >= 4 is 18.0 Å². The number of aliphatic carboxylic acids is 1. The minimum absolute atomic E-state index is 0.0136. The van der Waals surface area contributed by atoms with Gasteiger partial charge in [0.15, 0.2) is 0 Å². The van der Waals surface area contributed by atoms with Crippen molar-refractivity contribution in [2.75, 3.05) is 19.7 Å². The number of hydrogen-bond acceptors (Lipinski definition) is 4. The second-order valence-electron chi connectivity index (χ2n) is 9.55. The molecule has 2 aliphatic rings. The molecule has 0 aromatic heterocycles. The highest BCUT2D eigenvalue weighted by atomic mass is 16.5. The number of carbonyl (C=O) groups is 3. The van der Waals surface area contributed by atoms with E-state index in [0.29, 0.717) is 25.8 Å². The molecule has 7 nitrogen and oxygen atoms in total. The van der Waals surface area contributed by atoms with Crippen molar-refractivity contribution in [1.29, 1.82) is 0 Å². The van der Waals surface area contributed by atoms with Crippen LogP contribution in [0.4, 0.5) is 4.79 Å². The highest BCUT2D eigenvalue weighted by molar-refractivity contribution is 5.86. The Kier molecular flexibility index (Phi) is 6.91. The van der Waals surface area contributed by atoms with Crippen molar-refractivity contribution in [3.63, 3.8) is 0 Å². The average molecular weight is 465 g/mol. The van der Waals surface area contributed by atoms with E-state index in [1.54, 1.807) is 4.90 Å². The van der Waals surface area contributed by atoms with Crippen molar-refractivity contribution in [2.45, 2.75) is 51.5 Å². The third-order valence-electron chi connectivity index (χ3n) is 6.90. The van der Waals surface area contributed by atoms with Crippen LogP contribution < -0.4 is 5.32 Å². The third kappa shape index (κ3) is 4.93. The van der Waals surface area contributed by atoms with Crippen molar-refractivity contribution in [2.24, 2.45) is 5.41 Å². The molecule has 0 atom stereocenters. The van der Waals surface area contributed by atoms with E-state index in [2.05, 4.69) is 29.6 Å². The van der Waals surface area contributed by atoms with E-state index in [1.165, 1.54) is 11.1 Å². The Balaban J connectivity index is 1.33. The smallest absolute Gasteiger partial charge is 0.407 e. The van der Waals surface area contributed by atoms with Crippen molar-refractivity contribution in [1.82, 2.24) is 10.2 Å². The molecule has 2 aliphatic carbocycles. The summed E-state index contributed by atoms with van der Waals surface area (Å²) in [5.41, 5.74) is 4.04. The van der Waals surface area contributed by atoms with Crippen LogP contribution in [0.2, 0.25) is 0 Å². The second kappa shape index (κ2) is 9.87. The normalized spacial score (nSPS) is 15.4. The molecule has 0 unspecified atom stereocenters. The number of carboxylic acid groups (broad SMARTS) is 1. The van der Waals surface area contributed by atoms with E-state index in [4.69, 9.17) is 9.84 Å². The molecule has 7 heteroatoms. The minimum Gasteiger partial charge on any atom is -0.481 e. The van der Waals surface area contributed by atoms with Gasteiger partial charge in [-0.05, 0) is 55.4 Å². The van der Waals surface area contributed by atoms with Crippen LogP contribution in [0.1, 0.15) is 56.6 Å². The van der Waals surface area contributed by atoms with Crippen LogP contribution in [-0.2, 0) is 14.3 Å². The number of hydrogen-bond donors (Lipinski definition) is 2. The largest absolute Gasteiger partial charge is 0.481 e. The number of alkyl carbamates (subject to hydrolysis) is 1. The van der Waals surface area contributed by atoms with Gasteiger partial charge >= 0.3 is 12.1 Å². The van der Waals surface area contributed by atoms with Gasteiger partial charge in [-0.1, -0.05) is 48.5 Å². The quantitative estimate of drug-likeness (QED) is 0.543. The minimum atomic E-state index is -0.866. The van der Waals surface area contributed by atoms with Gasteiger partial charge in [0, 0.05) is 31.5 Å². The molecule has 0 heterocycles. The maximum Gasteiger partial charge on any atom is 0.407 e. The first kappa shape index (κ1) is 23.8. The average Bonchev–Trinajstić information content (AvgIpc) is 3.55. The van der Waals surface area contributed by atoms with Crippen LogP contribution in [0.5, 0.6) is 0 Å². The Morgan fingerprint density at radius 3 is 2.18 bits per heavy atom. The number of ether oxygens (including phenoxy) is 1. The molecule has 2 N–H and O–H groups in total.